The van der Waals surface area contributed by atoms with Crippen molar-refractivity contribution in [3.63, 3.8) is 0 Å². The Hall–Kier alpha value is -2.38. The van der Waals surface area contributed by atoms with Gasteiger partial charge in [-0.2, -0.15) is 0 Å². The van der Waals surface area contributed by atoms with Gasteiger partial charge in [0.25, 0.3) is 5.91 Å². The van der Waals surface area contributed by atoms with Crippen LogP contribution in [0.2, 0.25) is 0 Å². The lowest BCUT2D eigenvalue weighted by molar-refractivity contribution is -0.391. The average molecular weight is 255 g/mol. The lowest BCUT2D eigenvalue weighted by Crippen LogP contribution is -2.26. The van der Waals surface area contributed by atoms with Crippen molar-refractivity contribution in [3.05, 3.63) is 27.9 Å². The average Bonchev–Trinajstić information content (AvgIpc) is 2.66. The number of hydrogen-bond donors (Lipinski definition) is 2. The lowest BCUT2D eigenvalue weighted by Gasteiger charge is -2.03. The van der Waals surface area contributed by atoms with Gasteiger partial charge in [-0.05, 0) is 17.4 Å². The SMILES string of the molecule is Cn1c(C(=O)NCCCC(=O)O)ccc1[N+](=O)[O-]. The van der Waals surface area contributed by atoms with E-state index in [1.54, 1.807) is 0 Å². The number of carboxylic acid groups (broad SMARTS) is 1. The van der Waals surface area contributed by atoms with Crippen molar-refractivity contribution in [1.29, 1.82) is 0 Å². The second kappa shape index (κ2) is 5.80. The smallest absolute Gasteiger partial charge is 0.323 e. The molecular formula is C10H13N3O5. The zero-order valence-electron chi connectivity index (χ0n) is 9.75. The molecule has 0 aliphatic heterocycles. The van der Waals surface area contributed by atoms with Crippen LogP contribution in [0, 0.1) is 10.1 Å². The summed E-state index contributed by atoms with van der Waals surface area (Å²) >= 11 is 0. The molecule has 0 saturated heterocycles. The predicted molar refractivity (Wildman–Crippen MR) is 61.3 cm³/mol. The highest BCUT2D eigenvalue weighted by Crippen LogP contribution is 2.14. The molecule has 0 spiro atoms. The zero-order chi connectivity index (χ0) is 13.7. The Labute approximate surface area is 102 Å². The summed E-state index contributed by atoms with van der Waals surface area (Å²) in [4.78, 5) is 31.9. The van der Waals surface area contributed by atoms with Gasteiger partial charge in [0.2, 0.25) is 0 Å². The molecule has 0 unspecified atom stereocenters. The lowest BCUT2D eigenvalue weighted by atomic mass is 10.3. The standard InChI is InChI=1S/C10H13N3O5/c1-12-7(4-5-8(12)13(17)18)10(16)11-6-2-3-9(14)15/h4-5H,2-3,6H2,1H3,(H,11,16)(H,14,15). The van der Waals surface area contributed by atoms with Crippen LogP contribution in [0.1, 0.15) is 23.3 Å². The quantitative estimate of drug-likeness (QED) is 0.437. The number of nitrogens with one attached hydrogen (secondary N) is 1. The number of carbonyl (C=O) groups excluding carboxylic acids is 1. The first kappa shape index (κ1) is 13.7. The van der Waals surface area contributed by atoms with Crippen molar-refractivity contribution in [2.45, 2.75) is 12.8 Å². The number of hydrogen-bond acceptors (Lipinski definition) is 4. The van der Waals surface area contributed by atoms with Gasteiger partial charge in [-0.25, -0.2) is 4.57 Å². The number of nitro groups is 1. The second-order valence-electron chi connectivity index (χ2n) is 3.65. The molecule has 1 amide bonds. The van der Waals surface area contributed by atoms with Crippen LogP contribution in [0.3, 0.4) is 0 Å². The topological polar surface area (TPSA) is 114 Å². The summed E-state index contributed by atoms with van der Waals surface area (Å²) in [7, 11) is 1.42. The summed E-state index contributed by atoms with van der Waals surface area (Å²) in [6.07, 6.45) is 0.279. The maximum absolute atomic E-state index is 11.6. The highest BCUT2D eigenvalue weighted by Gasteiger charge is 2.19. The van der Waals surface area contributed by atoms with Gasteiger partial charge < -0.3 is 20.5 Å². The van der Waals surface area contributed by atoms with Crippen molar-refractivity contribution in [1.82, 2.24) is 9.88 Å². The Balaban J connectivity index is 2.57. The number of nitrogens with zero attached hydrogens (tertiary/aromatic N) is 2. The first-order valence-electron chi connectivity index (χ1n) is 5.23. The Morgan fingerprint density at radius 1 is 1.50 bits per heavy atom. The van der Waals surface area contributed by atoms with E-state index in [4.69, 9.17) is 5.11 Å². The largest absolute Gasteiger partial charge is 0.481 e. The Bertz CT molecular complexity index is 480. The summed E-state index contributed by atoms with van der Waals surface area (Å²) in [5.74, 6) is -1.57. The molecule has 0 radical (unpaired) electrons. The molecule has 0 saturated carbocycles. The van der Waals surface area contributed by atoms with Crippen molar-refractivity contribution >= 4 is 17.7 Å². The first-order valence-corrected chi connectivity index (χ1v) is 5.23. The van der Waals surface area contributed by atoms with Gasteiger partial charge in [0.15, 0.2) is 5.69 Å². The molecule has 0 aliphatic carbocycles. The van der Waals surface area contributed by atoms with Gasteiger partial charge in [0, 0.05) is 19.0 Å². The van der Waals surface area contributed by atoms with Crippen LogP contribution < -0.4 is 5.32 Å². The zero-order valence-corrected chi connectivity index (χ0v) is 9.75. The fourth-order valence-electron chi connectivity index (χ4n) is 1.44. The Morgan fingerprint density at radius 3 is 2.67 bits per heavy atom. The van der Waals surface area contributed by atoms with Gasteiger partial charge in [0.05, 0.1) is 7.05 Å². The minimum Gasteiger partial charge on any atom is -0.481 e. The summed E-state index contributed by atoms with van der Waals surface area (Å²) < 4.78 is 1.17. The van der Waals surface area contributed by atoms with Crippen molar-refractivity contribution < 1.29 is 19.6 Å². The third-order valence-corrected chi connectivity index (χ3v) is 2.37. The molecule has 0 aromatic carbocycles. The van der Waals surface area contributed by atoms with E-state index in [9.17, 15) is 19.7 Å². The molecule has 98 valence electrons. The van der Waals surface area contributed by atoms with E-state index in [0.717, 1.165) is 0 Å². The van der Waals surface area contributed by atoms with E-state index < -0.39 is 16.8 Å². The summed E-state index contributed by atoms with van der Waals surface area (Å²) in [5, 5.41) is 21.5. The minimum atomic E-state index is -0.932. The van der Waals surface area contributed by atoms with Gasteiger partial charge in [-0.3, -0.25) is 9.59 Å². The minimum absolute atomic E-state index is 0.0342. The van der Waals surface area contributed by atoms with Crippen LogP contribution in [-0.2, 0) is 11.8 Å². The van der Waals surface area contributed by atoms with Gasteiger partial charge in [0.1, 0.15) is 0 Å². The van der Waals surface area contributed by atoms with E-state index in [-0.39, 0.29) is 24.5 Å². The highest BCUT2D eigenvalue weighted by atomic mass is 16.6. The number of amides is 1. The molecule has 18 heavy (non-hydrogen) atoms. The molecule has 1 heterocycles. The van der Waals surface area contributed by atoms with Gasteiger partial charge in [-0.15, -0.1) is 0 Å². The van der Waals surface area contributed by atoms with E-state index in [1.807, 2.05) is 0 Å². The fourth-order valence-corrected chi connectivity index (χ4v) is 1.44. The molecule has 1 rings (SSSR count). The van der Waals surface area contributed by atoms with Crippen LogP contribution in [0.15, 0.2) is 12.1 Å². The first-order chi connectivity index (χ1) is 8.43. The number of aromatic nitrogens is 1. The summed E-state index contributed by atoms with van der Waals surface area (Å²) in [6.45, 7) is 0.212. The molecule has 0 fully saturated rings. The number of carboxylic acids is 1. The normalized spacial score (nSPS) is 10.1. The third kappa shape index (κ3) is 3.30. The molecule has 1 aromatic heterocycles. The Morgan fingerprint density at radius 2 is 2.17 bits per heavy atom. The molecule has 2 N–H and O–H groups in total. The predicted octanol–water partition coefficient (Wildman–Crippen LogP) is 0.528. The van der Waals surface area contributed by atoms with E-state index >= 15 is 0 Å². The monoisotopic (exact) mass is 255 g/mol. The maximum atomic E-state index is 11.6. The molecular weight excluding hydrogens is 242 g/mol. The number of aliphatic carboxylic acids is 1. The molecule has 0 aliphatic rings. The number of rotatable bonds is 6. The van der Waals surface area contributed by atoms with E-state index in [2.05, 4.69) is 5.32 Å². The maximum Gasteiger partial charge on any atom is 0.323 e. The fraction of sp³-hybridized carbons (Fsp3) is 0.400. The van der Waals surface area contributed by atoms with Crippen LogP contribution in [-0.4, -0.2) is 33.0 Å². The van der Waals surface area contributed by atoms with Crippen LogP contribution in [0.4, 0.5) is 5.82 Å². The molecule has 8 heteroatoms. The third-order valence-electron chi connectivity index (χ3n) is 2.37. The van der Waals surface area contributed by atoms with E-state index in [0.29, 0.717) is 6.42 Å². The summed E-state index contributed by atoms with van der Waals surface area (Å²) in [5.41, 5.74) is 0.164. The Kier molecular flexibility index (Phi) is 4.41. The molecule has 0 bridgehead atoms. The van der Waals surface area contributed by atoms with Crippen LogP contribution in [0.25, 0.3) is 0 Å². The van der Waals surface area contributed by atoms with Crippen molar-refractivity contribution in [2.75, 3.05) is 6.54 Å². The van der Waals surface area contributed by atoms with Crippen molar-refractivity contribution in [3.8, 4) is 0 Å². The van der Waals surface area contributed by atoms with Crippen molar-refractivity contribution in [2.24, 2.45) is 7.05 Å². The van der Waals surface area contributed by atoms with Gasteiger partial charge in [-0.1, -0.05) is 0 Å². The highest BCUT2D eigenvalue weighted by molar-refractivity contribution is 5.93. The number of carbonyl (C=O) groups is 2. The molecule has 0 atom stereocenters. The second-order valence-corrected chi connectivity index (χ2v) is 3.65. The molecule has 1 aromatic rings. The van der Waals surface area contributed by atoms with Crippen LogP contribution >= 0.6 is 0 Å². The molecule has 8 nitrogen and oxygen atoms in total. The summed E-state index contributed by atoms with van der Waals surface area (Å²) in [6, 6.07) is 2.59. The van der Waals surface area contributed by atoms with Crippen LogP contribution in [0.5, 0.6) is 0 Å². The van der Waals surface area contributed by atoms with E-state index in [1.165, 1.54) is 23.7 Å². The van der Waals surface area contributed by atoms with Gasteiger partial charge >= 0.3 is 11.8 Å².